The molecule has 0 unspecified atom stereocenters. The van der Waals surface area contributed by atoms with Crippen molar-refractivity contribution in [2.24, 2.45) is 7.05 Å². The Kier molecular flexibility index (Phi) is 4.93. The molecule has 0 spiro atoms. The quantitative estimate of drug-likeness (QED) is 0.239. The molecular weight excluding hydrogens is 440 g/mol. The van der Waals surface area contributed by atoms with Crippen LogP contribution in [0.2, 0.25) is 0 Å². The first-order valence-corrected chi connectivity index (χ1v) is 13.3. The number of fused-ring (bicyclic) bond motifs is 5. The van der Waals surface area contributed by atoms with E-state index in [9.17, 15) is 0 Å². The first kappa shape index (κ1) is 23.2. The van der Waals surface area contributed by atoms with Gasteiger partial charge < -0.3 is 4.42 Å². The number of pyridine rings is 2. The highest BCUT2D eigenvalue weighted by Crippen LogP contribution is 2.47. The smallest absolute Gasteiger partial charge is 0.227 e. The van der Waals surface area contributed by atoms with Gasteiger partial charge in [-0.15, -0.1) is 0 Å². The van der Waals surface area contributed by atoms with Crippen molar-refractivity contribution in [3.63, 3.8) is 0 Å². The monoisotopic (exact) mass is 477 g/mol. The number of aromatic nitrogens is 2. The summed E-state index contributed by atoms with van der Waals surface area (Å²) in [6, 6.07) is 15.9. The van der Waals surface area contributed by atoms with E-state index in [0.29, 0.717) is 5.92 Å². The highest BCUT2D eigenvalue weighted by molar-refractivity contribution is 6.11. The zero-order chi connectivity index (χ0) is 25.6. The van der Waals surface area contributed by atoms with Gasteiger partial charge in [-0.2, -0.15) is 0 Å². The lowest BCUT2D eigenvalue weighted by Crippen LogP contribution is -2.33. The van der Waals surface area contributed by atoms with Crippen molar-refractivity contribution in [2.45, 2.75) is 78.1 Å². The Hall–Kier alpha value is -3.20. The van der Waals surface area contributed by atoms with E-state index in [0.717, 1.165) is 38.8 Å². The van der Waals surface area contributed by atoms with Gasteiger partial charge in [0, 0.05) is 27.8 Å². The lowest BCUT2D eigenvalue weighted by molar-refractivity contribution is -0.660. The highest BCUT2D eigenvalue weighted by Gasteiger charge is 2.37. The van der Waals surface area contributed by atoms with Gasteiger partial charge in [0.15, 0.2) is 11.8 Å². The molecule has 0 saturated heterocycles. The zero-order valence-electron chi connectivity index (χ0n) is 22.9. The summed E-state index contributed by atoms with van der Waals surface area (Å²) in [5.74, 6) is 0.491. The fourth-order valence-electron chi connectivity index (χ4n) is 6.13. The lowest BCUT2D eigenvalue weighted by Gasteiger charge is -2.42. The third kappa shape index (κ3) is 3.39. The second-order valence-electron chi connectivity index (χ2n) is 12.5. The van der Waals surface area contributed by atoms with Crippen LogP contribution >= 0.6 is 0 Å². The Morgan fingerprint density at radius 1 is 0.889 bits per heavy atom. The number of hydrogen-bond donors (Lipinski definition) is 0. The minimum Gasteiger partial charge on any atom is -0.437 e. The van der Waals surface area contributed by atoms with Gasteiger partial charge in [0.25, 0.3) is 0 Å². The molecule has 3 aromatic heterocycles. The topological polar surface area (TPSA) is 29.9 Å². The highest BCUT2D eigenvalue weighted by atomic mass is 16.3. The van der Waals surface area contributed by atoms with Gasteiger partial charge in [0.05, 0.1) is 11.1 Å². The number of benzene rings is 2. The van der Waals surface area contributed by atoms with E-state index in [4.69, 9.17) is 9.40 Å². The van der Waals surface area contributed by atoms with E-state index in [1.807, 2.05) is 0 Å². The number of rotatable bonds is 2. The van der Waals surface area contributed by atoms with Crippen LogP contribution in [0.1, 0.15) is 82.6 Å². The van der Waals surface area contributed by atoms with Gasteiger partial charge >= 0.3 is 0 Å². The summed E-state index contributed by atoms with van der Waals surface area (Å²) >= 11 is 0. The summed E-state index contributed by atoms with van der Waals surface area (Å²) in [5, 5.41) is 3.42. The van der Waals surface area contributed by atoms with Crippen LogP contribution in [-0.2, 0) is 17.9 Å². The zero-order valence-corrected chi connectivity index (χ0v) is 22.9. The van der Waals surface area contributed by atoms with Gasteiger partial charge in [-0.05, 0) is 77.5 Å². The molecule has 1 aliphatic carbocycles. The molecule has 3 nitrogen and oxygen atoms in total. The molecule has 0 saturated carbocycles. The van der Waals surface area contributed by atoms with E-state index < -0.39 is 0 Å². The Labute approximate surface area is 214 Å². The summed E-state index contributed by atoms with van der Waals surface area (Å²) in [6.45, 7) is 16.1. The van der Waals surface area contributed by atoms with Crippen LogP contribution < -0.4 is 4.57 Å². The molecule has 0 radical (unpaired) electrons. The normalized spacial score (nSPS) is 16.8. The molecule has 5 aromatic rings. The van der Waals surface area contributed by atoms with Crippen LogP contribution in [0, 0.1) is 6.92 Å². The van der Waals surface area contributed by atoms with Crippen LogP contribution in [-0.4, -0.2) is 4.98 Å². The van der Waals surface area contributed by atoms with Crippen molar-refractivity contribution < 1.29 is 8.98 Å². The summed E-state index contributed by atoms with van der Waals surface area (Å²) in [5.41, 5.74) is 10.7. The molecule has 0 bridgehead atoms. The predicted molar refractivity (Wildman–Crippen MR) is 150 cm³/mol. The van der Waals surface area contributed by atoms with Crippen LogP contribution in [0.4, 0.5) is 0 Å². The molecule has 6 rings (SSSR count). The third-order valence-corrected chi connectivity index (χ3v) is 8.69. The average molecular weight is 478 g/mol. The molecular formula is C33H37N2O+. The molecule has 184 valence electrons. The minimum absolute atomic E-state index is 0.157. The van der Waals surface area contributed by atoms with Crippen LogP contribution in [0.15, 0.2) is 53.1 Å². The van der Waals surface area contributed by atoms with E-state index in [2.05, 4.69) is 109 Å². The number of aryl methyl sites for hydroxylation is 2. The van der Waals surface area contributed by atoms with E-state index in [1.165, 1.54) is 40.5 Å². The molecule has 2 aromatic carbocycles. The van der Waals surface area contributed by atoms with Gasteiger partial charge in [-0.25, -0.2) is 9.55 Å². The maximum Gasteiger partial charge on any atom is 0.227 e. The molecule has 0 atom stereocenters. The van der Waals surface area contributed by atoms with Crippen LogP contribution in [0.25, 0.3) is 44.2 Å². The van der Waals surface area contributed by atoms with Crippen molar-refractivity contribution in [1.29, 1.82) is 0 Å². The fourth-order valence-corrected chi connectivity index (χ4v) is 6.13. The van der Waals surface area contributed by atoms with E-state index >= 15 is 0 Å². The second-order valence-corrected chi connectivity index (χ2v) is 12.5. The standard InChI is InChI=1S/C33H37N2O/c1-19(2)21-10-12-28(35(8)18-21)29-20(3)9-11-23-24-15-22-16-25-26(33(6,7)14-13-32(25,4)5)17-27(22)34-31(24)36-30(23)29/h9-12,15-19H,13-14H2,1-8H3/q+1. The Morgan fingerprint density at radius 3 is 2.25 bits per heavy atom. The first-order valence-electron chi connectivity index (χ1n) is 13.3. The predicted octanol–water partition coefficient (Wildman–Crippen LogP) is 8.41. The summed E-state index contributed by atoms with van der Waals surface area (Å²) in [4.78, 5) is 5.09. The average Bonchev–Trinajstić information content (AvgIpc) is 3.17. The number of furan rings is 1. The maximum absolute atomic E-state index is 6.57. The number of nitrogens with zero attached hydrogens (tertiary/aromatic N) is 2. The molecule has 3 heteroatoms. The summed E-state index contributed by atoms with van der Waals surface area (Å²) < 4.78 is 8.80. The van der Waals surface area contributed by atoms with Gasteiger partial charge in [-0.3, -0.25) is 0 Å². The van der Waals surface area contributed by atoms with Crippen molar-refractivity contribution in [3.8, 4) is 11.3 Å². The lowest BCUT2D eigenvalue weighted by atomic mass is 9.63. The largest absolute Gasteiger partial charge is 0.437 e. The summed E-state index contributed by atoms with van der Waals surface area (Å²) in [7, 11) is 2.13. The van der Waals surface area contributed by atoms with Crippen molar-refractivity contribution in [2.75, 3.05) is 0 Å². The second kappa shape index (κ2) is 7.65. The molecule has 1 aliphatic rings. The molecule has 0 amide bonds. The van der Waals surface area contributed by atoms with Gasteiger partial charge in [0.2, 0.25) is 11.4 Å². The number of hydrogen-bond acceptors (Lipinski definition) is 2. The molecule has 36 heavy (non-hydrogen) atoms. The van der Waals surface area contributed by atoms with Gasteiger partial charge in [-0.1, -0.05) is 53.7 Å². The fraction of sp³-hybridized carbons (Fsp3) is 0.394. The van der Waals surface area contributed by atoms with Crippen LogP contribution in [0.5, 0.6) is 0 Å². The molecule has 3 heterocycles. The van der Waals surface area contributed by atoms with E-state index in [-0.39, 0.29) is 10.8 Å². The van der Waals surface area contributed by atoms with E-state index in [1.54, 1.807) is 0 Å². The minimum atomic E-state index is 0.157. The first-order chi connectivity index (χ1) is 17.0. The summed E-state index contributed by atoms with van der Waals surface area (Å²) in [6.07, 6.45) is 4.64. The molecule has 0 N–H and O–H groups in total. The maximum atomic E-state index is 6.57. The van der Waals surface area contributed by atoms with Crippen molar-refractivity contribution >= 4 is 33.0 Å². The molecule has 0 aliphatic heterocycles. The van der Waals surface area contributed by atoms with Gasteiger partial charge in [0.1, 0.15) is 7.05 Å². The Morgan fingerprint density at radius 2 is 1.58 bits per heavy atom. The molecule has 0 fully saturated rings. The Bertz CT molecular complexity index is 1680. The van der Waals surface area contributed by atoms with Crippen molar-refractivity contribution in [3.05, 3.63) is 70.9 Å². The van der Waals surface area contributed by atoms with Crippen molar-refractivity contribution in [1.82, 2.24) is 4.98 Å². The third-order valence-electron chi connectivity index (χ3n) is 8.69. The Balaban J connectivity index is 1.62. The SMILES string of the molecule is Cc1ccc2c(oc3nc4cc5c(cc4cc32)C(C)(C)CCC5(C)C)c1-c1ccc(C(C)C)c[n+]1C. The van der Waals surface area contributed by atoms with Crippen LogP contribution in [0.3, 0.4) is 0 Å².